The first-order valence-corrected chi connectivity index (χ1v) is 10.0. The van der Waals surface area contributed by atoms with Gasteiger partial charge >= 0.3 is 6.03 Å². The van der Waals surface area contributed by atoms with Crippen LogP contribution in [0, 0.1) is 12.8 Å². The normalized spacial score (nSPS) is 25.3. The number of carbonyl (C=O) groups is 3. The maximum Gasteiger partial charge on any atom is 0.325 e. The van der Waals surface area contributed by atoms with Gasteiger partial charge in [0.2, 0.25) is 5.91 Å². The van der Waals surface area contributed by atoms with Crippen LogP contribution in [-0.4, -0.2) is 39.8 Å². The summed E-state index contributed by atoms with van der Waals surface area (Å²) < 4.78 is 0.982. The first kappa shape index (κ1) is 17.9. The monoisotopic (exact) mass is 386 g/mol. The van der Waals surface area contributed by atoms with Crippen LogP contribution in [0.3, 0.4) is 0 Å². The number of fused-ring (bicyclic) bond motifs is 1. The topological polar surface area (TPSA) is 91.4 Å². The number of aromatic nitrogens is 1. The molecule has 1 aromatic heterocycles. The van der Waals surface area contributed by atoms with Crippen molar-refractivity contribution in [3.8, 4) is 0 Å². The summed E-state index contributed by atoms with van der Waals surface area (Å²) in [7, 11) is 0. The van der Waals surface area contributed by atoms with Crippen molar-refractivity contribution in [3.05, 3.63) is 23.2 Å². The van der Waals surface area contributed by atoms with Gasteiger partial charge in [0.05, 0.1) is 15.2 Å². The minimum absolute atomic E-state index is 0.0766. The molecule has 0 unspecified atom stereocenters. The van der Waals surface area contributed by atoms with Gasteiger partial charge in [0.15, 0.2) is 0 Å². The van der Waals surface area contributed by atoms with Crippen molar-refractivity contribution in [3.63, 3.8) is 0 Å². The molecule has 2 aliphatic rings. The lowest BCUT2D eigenvalue weighted by atomic mass is 9.73. The number of thiazole rings is 1. The van der Waals surface area contributed by atoms with Gasteiger partial charge in [-0.05, 0) is 43.9 Å². The Balaban J connectivity index is 1.47. The Labute approximate surface area is 161 Å². The molecule has 2 fully saturated rings. The number of urea groups is 1. The van der Waals surface area contributed by atoms with E-state index < -0.39 is 11.6 Å². The van der Waals surface area contributed by atoms with Crippen LogP contribution >= 0.6 is 11.3 Å². The summed E-state index contributed by atoms with van der Waals surface area (Å²) in [5.74, 6) is -0.587. The zero-order valence-corrected chi connectivity index (χ0v) is 16.2. The molecule has 27 heavy (non-hydrogen) atoms. The Kier molecular flexibility index (Phi) is 4.38. The summed E-state index contributed by atoms with van der Waals surface area (Å²) in [5.41, 5.74) is 0.677. The third-order valence-electron chi connectivity index (χ3n) is 5.58. The van der Waals surface area contributed by atoms with E-state index in [1.807, 2.05) is 26.0 Å². The number of carbonyl (C=O) groups excluding carboxylic acids is 3. The van der Waals surface area contributed by atoms with Crippen LogP contribution in [-0.2, 0) is 9.59 Å². The fourth-order valence-electron chi connectivity index (χ4n) is 4.10. The van der Waals surface area contributed by atoms with Crippen molar-refractivity contribution in [2.24, 2.45) is 5.92 Å². The molecule has 2 atom stereocenters. The SMILES string of the molecule is Cc1nc2ccc(NC(=O)CN3C(=O)N[C@]4(CCCC[C@@H]4C)C3=O)cc2s1. The lowest BCUT2D eigenvalue weighted by Crippen LogP contribution is -2.54. The van der Waals surface area contributed by atoms with E-state index in [1.54, 1.807) is 17.4 Å². The minimum atomic E-state index is -0.839. The molecule has 2 heterocycles. The number of imide groups is 1. The smallest absolute Gasteiger partial charge is 0.324 e. The Hall–Kier alpha value is -2.48. The third-order valence-corrected chi connectivity index (χ3v) is 6.52. The van der Waals surface area contributed by atoms with E-state index in [1.165, 1.54) is 0 Å². The number of hydrogen-bond donors (Lipinski definition) is 2. The maximum absolute atomic E-state index is 12.9. The first-order chi connectivity index (χ1) is 12.9. The molecular formula is C19H22N4O3S. The third kappa shape index (κ3) is 3.07. The van der Waals surface area contributed by atoms with E-state index in [-0.39, 0.29) is 24.3 Å². The molecular weight excluding hydrogens is 364 g/mol. The molecule has 1 saturated heterocycles. The summed E-state index contributed by atoms with van der Waals surface area (Å²) in [4.78, 5) is 43.2. The molecule has 1 aliphatic heterocycles. The van der Waals surface area contributed by atoms with Crippen LogP contribution in [0.25, 0.3) is 10.2 Å². The highest BCUT2D eigenvalue weighted by molar-refractivity contribution is 7.18. The van der Waals surface area contributed by atoms with Crippen LogP contribution in [0.5, 0.6) is 0 Å². The van der Waals surface area contributed by atoms with Gasteiger partial charge in [0.1, 0.15) is 12.1 Å². The zero-order chi connectivity index (χ0) is 19.2. The van der Waals surface area contributed by atoms with E-state index >= 15 is 0 Å². The predicted molar refractivity (Wildman–Crippen MR) is 104 cm³/mol. The van der Waals surface area contributed by atoms with Crippen LogP contribution in [0.15, 0.2) is 18.2 Å². The quantitative estimate of drug-likeness (QED) is 0.793. The van der Waals surface area contributed by atoms with Gasteiger partial charge < -0.3 is 10.6 Å². The number of aryl methyl sites for hydroxylation is 1. The molecule has 4 amide bonds. The van der Waals surface area contributed by atoms with Gasteiger partial charge in [-0.15, -0.1) is 11.3 Å². The van der Waals surface area contributed by atoms with E-state index in [0.717, 1.165) is 39.4 Å². The number of benzene rings is 1. The number of amides is 4. The second-order valence-electron chi connectivity index (χ2n) is 7.40. The average Bonchev–Trinajstić information content (AvgIpc) is 3.10. The van der Waals surface area contributed by atoms with Crippen molar-refractivity contribution >= 4 is 45.1 Å². The molecule has 4 rings (SSSR count). The second kappa shape index (κ2) is 6.60. The van der Waals surface area contributed by atoms with Crippen molar-refractivity contribution in [1.82, 2.24) is 15.2 Å². The molecule has 2 aromatic rings. The summed E-state index contributed by atoms with van der Waals surface area (Å²) >= 11 is 1.55. The van der Waals surface area contributed by atoms with Gasteiger partial charge in [-0.2, -0.15) is 0 Å². The molecule has 0 bridgehead atoms. The highest BCUT2D eigenvalue weighted by atomic mass is 32.1. The number of nitrogens with one attached hydrogen (secondary N) is 2. The van der Waals surface area contributed by atoms with Gasteiger partial charge in [0.25, 0.3) is 5.91 Å². The number of anilines is 1. The highest BCUT2D eigenvalue weighted by Crippen LogP contribution is 2.38. The van der Waals surface area contributed by atoms with Gasteiger partial charge in [-0.25, -0.2) is 9.78 Å². The van der Waals surface area contributed by atoms with Crippen LogP contribution in [0.1, 0.15) is 37.6 Å². The molecule has 1 aliphatic carbocycles. The first-order valence-electron chi connectivity index (χ1n) is 9.20. The summed E-state index contributed by atoms with van der Waals surface area (Å²) in [6, 6.07) is 5.00. The summed E-state index contributed by atoms with van der Waals surface area (Å²) in [6.45, 7) is 3.65. The molecule has 0 radical (unpaired) electrons. The molecule has 1 aromatic carbocycles. The van der Waals surface area contributed by atoms with Crippen LogP contribution < -0.4 is 10.6 Å². The summed E-state index contributed by atoms with van der Waals surface area (Å²) in [5, 5.41) is 6.60. The van der Waals surface area contributed by atoms with Gasteiger partial charge in [-0.3, -0.25) is 14.5 Å². The Morgan fingerprint density at radius 3 is 3.00 bits per heavy atom. The number of rotatable bonds is 3. The van der Waals surface area contributed by atoms with Crippen molar-refractivity contribution < 1.29 is 14.4 Å². The van der Waals surface area contributed by atoms with Crippen LogP contribution in [0.2, 0.25) is 0 Å². The number of nitrogens with zero attached hydrogens (tertiary/aromatic N) is 2. The van der Waals surface area contributed by atoms with E-state index in [9.17, 15) is 14.4 Å². The predicted octanol–water partition coefficient (Wildman–Crippen LogP) is 3.04. The molecule has 1 spiro atoms. The van der Waals surface area contributed by atoms with E-state index in [4.69, 9.17) is 0 Å². The lowest BCUT2D eigenvalue weighted by Gasteiger charge is -2.36. The standard InChI is InChI=1S/C19H22N4O3S/c1-11-5-3-4-8-19(11)17(25)23(18(26)22-19)10-16(24)21-13-6-7-14-15(9-13)27-12(2)20-14/h6-7,9,11H,3-5,8,10H2,1-2H3,(H,21,24)(H,22,26)/t11-,19-/m0/s1. The minimum Gasteiger partial charge on any atom is -0.324 e. The zero-order valence-electron chi connectivity index (χ0n) is 15.4. The van der Waals surface area contributed by atoms with Crippen molar-refractivity contribution in [2.75, 3.05) is 11.9 Å². The maximum atomic E-state index is 12.9. The van der Waals surface area contributed by atoms with Crippen LogP contribution in [0.4, 0.5) is 10.5 Å². The molecule has 7 nitrogen and oxygen atoms in total. The summed E-state index contributed by atoms with van der Waals surface area (Å²) in [6.07, 6.45) is 3.51. The molecule has 142 valence electrons. The van der Waals surface area contributed by atoms with Crippen molar-refractivity contribution in [1.29, 1.82) is 0 Å². The Morgan fingerprint density at radius 2 is 2.22 bits per heavy atom. The fraction of sp³-hybridized carbons (Fsp3) is 0.474. The molecule has 2 N–H and O–H groups in total. The highest BCUT2D eigenvalue weighted by Gasteiger charge is 2.55. The van der Waals surface area contributed by atoms with Gasteiger partial charge in [0, 0.05) is 5.69 Å². The van der Waals surface area contributed by atoms with E-state index in [2.05, 4.69) is 15.6 Å². The lowest BCUT2D eigenvalue weighted by molar-refractivity contribution is -0.136. The molecule has 1 saturated carbocycles. The molecule has 8 heteroatoms. The number of hydrogen-bond acceptors (Lipinski definition) is 5. The van der Waals surface area contributed by atoms with Crippen molar-refractivity contribution in [2.45, 2.75) is 45.1 Å². The Bertz CT molecular complexity index is 940. The average molecular weight is 386 g/mol. The second-order valence-corrected chi connectivity index (χ2v) is 8.64. The van der Waals surface area contributed by atoms with Gasteiger partial charge in [-0.1, -0.05) is 19.8 Å². The fourth-order valence-corrected chi connectivity index (χ4v) is 4.97. The van der Waals surface area contributed by atoms with E-state index in [0.29, 0.717) is 12.1 Å². The largest absolute Gasteiger partial charge is 0.325 e. The Morgan fingerprint density at radius 1 is 1.41 bits per heavy atom.